The summed E-state index contributed by atoms with van der Waals surface area (Å²) in [5.41, 5.74) is 0.165. The van der Waals surface area contributed by atoms with Gasteiger partial charge in [0.15, 0.2) is 17.2 Å². The maximum Gasteiger partial charge on any atom is 0.333 e. The monoisotopic (exact) mass is 358 g/mol. The third-order valence-electron chi connectivity index (χ3n) is 3.58. The van der Waals surface area contributed by atoms with Crippen LogP contribution in [0.1, 0.15) is 5.56 Å². The van der Waals surface area contributed by atoms with E-state index in [4.69, 9.17) is 14.6 Å². The molecule has 5 atom stereocenters. The molecule has 1 fully saturated rings. The van der Waals surface area contributed by atoms with E-state index < -0.39 is 60.5 Å². The van der Waals surface area contributed by atoms with Gasteiger partial charge in [0.05, 0.1) is 6.61 Å². The molecule has 2 rings (SSSR count). The highest BCUT2D eigenvalue weighted by Gasteiger charge is 2.45. The van der Waals surface area contributed by atoms with Gasteiger partial charge in [-0.05, 0) is 23.8 Å². The number of benzene rings is 1. The summed E-state index contributed by atoms with van der Waals surface area (Å²) in [6, 6.07) is 2.15. The van der Waals surface area contributed by atoms with Gasteiger partial charge in [0.1, 0.15) is 24.4 Å². The maximum atomic E-state index is 11.8. The zero-order valence-corrected chi connectivity index (χ0v) is 12.8. The number of phenolic OH excluding ortho intramolecular Hbond substituents is 3. The van der Waals surface area contributed by atoms with Crippen molar-refractivity contribution in [3.63, 3.8) is 0 Å². The van der Waals surface area contributed by atoms with Crippen LogP contribution >= 0.6 is 0 Å². The number of carbonyl (C=O) groups is 1. The highest BCUT2D eigenvalue weighted by Crippen LogP contribution is 2.35. The fraction of sp³-hybridized carbons (Fsp3) is 0.400. The Bertz CT molecular complexity index is 633. The Kier molecular flexibility index (Phi) is 5.82. The molecule has 0 spiro atoms. The number of aliphatic hydroxyl groups is 4. The van der Waals surface area contributed by atoms with Crippen LogP contribution in [0.3, 0.4) is 0 Å². The van der Waals surface area contributed by atoms with Gasteiger partial charge in [0, 0.05) is 6.08 Å². The van der Waals surface area contributed by atoms with Gasteiger partial charge in [0.2, 0.25) is 6.29 Å². The smallest absolute Gasteiger partial charge is 0.333 e. The third kappa shape index (κ3) is 4.18. The lowest BCUT2D eigenvalue weighted by Crippen LogP contribution is -2.59. The molecule has 138 valence electrons. The first-order chi connectivity index (χ1) is 11.7. The molecule has 0 bridgehead atoms. The van der Waals surface area contributed by atoms with Crippen LogP contribution in [0, 0.1) is 0 Å². The number of aliphatic hydroxyl groups excluding tert-OH is 4. The number of carbonyl (C=O) groups excluding carboxylic acids is 1. The van der Waals surface area contributed by atoms with E-state index in [1.54, 1.807) is 0 Å². The van der Waals surface area contributed by atoms with E-state index in [1.807, 2.05) is 0 Å². The first-order valence-corrected chi connectivity index (χ1v) is 7.18. The van der Waals surface area contributed by atoms with Crippen molar-refractivity contribution < 1.29 is 50.0 Å². The van der Waals surface area contributed by atoms with E-state index in [9.17, 15) is 35.4 Å². The second kappa shape index (κ2) is 7.68. The molecule has 0 saturated carbocycles. The largest absolute Gasteiger partial charge is 0.504 e. The van der Waals surface area contributed by atoms with Crippen molar-refractivity contribution in [3.8, 4) is 17.2 Å². The molecule has 1 saturated heterocycles. The van der Waals surface area contributed by atoms with Crippen LogP contribution < -0.4 is 0 Å². The summed E-state index contributed by atoms with van der Waals surface area (Å²) < 4.78 is 9.81. The Morgan fingerprint density at radius 1 is 1.08 bits per heavy atom. The quantitative estimate of drug-likeness (QED) is 0.184. The van der Waals surface area contributed by atoms with E-state index in [0.717, 1.165) is 24.3 Å². The molecule has 0 amide bonds. The number of hydrogen-bond acceptors (Lipinski definition) is 10. The number of ether oxygens (including phenoxy) is 2. The van der Waals surface area contributed by atoms with Gasteiger partial charge in [-0.1, -0.05) is 0 Å². The molecule has 25 heavy (non-hydrogen) atoms. The fourth-order valence-corrected chi connectivity index (χ4v) is 2.20. The summed E-state index contributed by atoms with van der Waals surface area (Å²) in [7, 11) is 0. The molecule has 0 aliphatic carbocycles. The normalized spacial score (nSPS) is 29.7. The molecule has 1 heterocycles. The van der Waals surface area contributed by atoms with Crippen LogP contribution in [-0.4, -0.2) is 79.0 Å². The second-order valence-corrected chi connectivity index (χ2v) is 5.38. The number of phenols is 3. The molecule has 0 aromatic heterocycles. The van der Waals surface area contributed by atoms with Crippen LogP contribution in [0.25, 0.3) is 6.08 Å². The van der Waals surface area contributed by atoms with Crippen molar-refractivity contribution in [2.45, 2.75) is 30.7 Å². The summed E-state index contributed by atoms with van der Waals surface area (Å²) >= 11 is 0. The van der Waals surface area contributed by atoms with Crippen LogP contribution in [0.15, 0.2) is 18.2 Å². The maximum absolute atomic E-state index is 11.8. The van der Waals surface area contributed by atoms with Gasteiger partial charge >= 0.3 is 5.97 Å². The van der Waals surface area contributed by atoms with Gasteiger partial charge in [-0.15, -0.1) is 0 Å². The van der Waals surface area contributed by atoms with Crippen LogP contribution in [0.4, 0.5) is 0 Å². The Hall–Kier alpha value is -2.37. The molecular formula is C15H18O10. The van der Waals surface area contributed by atoms with E-state index >= 15 is 0 Å². The molecule has 10 nitrogen and oxygen atoms in total. The van der Waals surface area contributed by atoms with Crippen LogP contribution in [0.5, 0.6) is 17.2 Å². The van der Waals surface area contributed by atoms with Crippen molar-refractivity contribution in [2.75, 3.05) is 6.61 Å². The first-order valence-electron chi connectivity index (χ1n) is 7.18. The van der Waals surface area contributed by atoms with E-state index in [0.29, 0.717) is 0 Å². The summed E-state index contributed by atoms with van der Waals surface area (Å²) in [5, 5.41) is 66.0. The lowest BCUT2D eigenvalue weighted by Gasteiger charge is -2.38. The number of esters is 1. The minimum atomic E-state index is -1.73. The molecule has 0 radical (unpaired) electrons. The van der Waals surface area contributed by atoms with Gasteiger partial charge in [-0.2, -0.15) is 0 Å². The second-order valence-electron chi connectivity index (χ2n) is 5.38. The van der Waals surface area contributed by atoms with E-state index in [2.05, 4.69) is 0 Å². The molecule has 1 aromatic carbocycles. The number of hydrogen-bond donors (Lipinski definition) is 7. The summed E-state index contributed by atoms with van der Waals surface area (Å²) in [6.07, 6.45) is -5.79. The third-order valence-corrected chi connectivity index (χ3v) is 3.58. The molecular weight excluding hydrogens is 340 g/mol. The average Bonchev–Trinajstić information content (AvgIpc) is 2.58. The van der Waals surface area contributed by atoms with Gasteiger partial charge in [-0.3, -0.25) is 0 Å². The minimum Gasteiger partial charge on any atom is -0.504 e. The van der Waals surface area contributed by atoms with Crippen molar-refractivity contribution in [3.05, 3.63) is 23.8 Å². The molecule has 10 heteroatoms. The van der Waals surface area contributed by atoms with E-state index in [-0.39, 0.29) is 5.56 Å². The fourth-order valence-electron chi connectivity index (χ4n) is 2.20. The van der Waals surface area contributed by atoms with Gasteiger partial charge in [-0.25, -0.2) is 4.79 Å². The van der Waals surface area contributed by atoms with Crippen LogP contribution in [0.2, 0.25) is 0 Å². The standard InChI is InChI=1S/C15H18O10/c16-5-9-12(21)13(22)14(23)15(24-9)25-10(19)2-1-6-3-7(17)11(20)8(18)4-6/h1-4,9,12-18,20-23H,5H2/b2-1+/t9-,12-,13+,14-,15+/m1/s1. The molecule has 7 N–H and O–H groups in total. The van der Waals surface area contributed by atoms with Crippen molar-refractivity contribution >= 4 is 12.0 Å². The molecule has 1 aromatic rings. The lowest BCUT2D eigenvalue weighted by molar-refractivity contribution is -0.291. The topological polar surface area (TPSA) is 177 Å². The van der Waals surface area contributed by atoms with Gasteiger partial charge < -0.3 is 45.2 Å². The zero-order valence-electron chi connectivity index (χ0n) is 12.8. The Morgan fingerprint density at radius 2 is 1.68 bits per heavy atom. The van der Waals surface area contributed by atoms with Gasteiger partial charge in [0.25, 0.3) is 0 Å². The lowest BCUT2D eigenvalue weighted by atomic mass is 9.99. The number of rotatable bonds is 4. The highest BCUT2D eigenvalue weighted by molar-refractivity contribution is 5.87. The van der Waals surface area contributed by atoms with Crippen molar-refractivity contribution in [1.82, 2.24) is 0 Å². The van der Waals surface area contributed by atoms with Crippen molar-refractivity contribution in [2.24, 2.45) is 0 Å². The first kappa shape index (κ1) is 19.0. The average molecular weight is 358 g/mol. The van der Waals surface area contributed by atoms with Crippen LogP contribution in [-0.2, 0) is 14.3 Å². The molecule has 1 aliphatic heterocycles. The predicted molar refractivity (Wildman–Crippen MR) is 80.3 cm³/mol. The Labute approximate surface area is 141 Å². The number of aromatic hydroxyl groups is 3. The molecule has 0 unspecified atom stereocenters. The highest BCUT2D eigenvalue weighted by atomic mass is 16.7. The minimum absolute atomic E-state index is 0.165. The summed E-state index contributed by atoms with van der Waals surface area (Å²) in [6.45, 7) is -0.666. The molecule has 1 aliphatic rings. The predicted octanol–water partition coefficient (Wildman–Crippen LogP) is -1.84. The zero-order chi connectivity index (χ0) is 18.7. The van der Waals surface area contributed by atoms with E-state index in [1.165, 1.54) is 0 Å². The summed E-state index contributed by atoms with van der Waals surface area (Å²) in [5.74, 6) is -2.90. The van der Waals surface area contributed by atoms with Crippen molar-refractivity contribution in [1.29, 1.82) is 0 Å². The Morgan fingerprint density at radius 3 is 2.24 bits per heavy atom. The summed E-state index contributed by atoms with van der Waals surface area (Å²) in [4.78, 5) is 11.8. The Balaban J connectivity index is 2.04. The SMILES string of the molecule is O=C(/C=C/c1cc(O)c(O)c(O)c1)O[C@@H]1O[C@H](CO)[C@@H](O)[C@H](O)[C@H]1O.